The summed E-state index contributed by atoms with van der Waals surface area (Å²) in [7, 11) is -3.23. The van der Waals surface area contributed by atoms with Crippen LogP contribution in [-0.4, -0.2) is 42.7 Å². The van der Waals surface area contributed by atoms with Gasteiger partial charge in [-0.25, -0.2) is 13.2 Å². The van der Waals surface area contributed by atoms with Crippen LogP contribution >= 0.6 is 0 Å². The monoisotopic (exact) mass is 374 g/mol. The van der Waals surface area contributed by atoms with Crippen LogP contribution in [0.3, 0.4) is 0 Å². The lowest BCUT2D eigenvalue weighted by Crippen LogP contribution is -2.43. The van der Waals surface area contributed by atoms with Crippen molar-refractivity contribution in [3.05, 3.63) is 66.0 Å². The van der Waals surface area contributed by atoms with E-state index in [0.717, 1.165) is 5.56 Å². The Hall–Kier alpha value is -2.41. The molecule has 1 aliphatic heterocycles. The maximum absolute atomic E-state index is 12.6. The standard InChI is InChI=1S/C19H22N2O4S/c22-19(25-14-17-8-4-5-11-20-17)21-12-9-18(10-13-21)26(23,24)15-16-6-2-1-3-7-16/h1-8,11,18H,9-10,12-15H2. The van der Waals surface area contributed by atoms with Crippen LogP contribution < -0.4 is 0 Å². The molecule has 0 N–H and O–H groups in total. The number of carbonyl (C=O) groups is 1. The zero-order valence-corrected chi connectivity index (χ0v) is 15.3. The molecule has 0 saturated carbocycles. The Morgan fingerprint density at radius 2 is 1.77 bits per heavy atom. The second-order valence-electron chi connectivity index (χ2n) is 6.35. The van der Waals surface area contributed by atoms with E-state index in [4.69, 9.17) is 4.74 Å². The van der Waals surface area contributed by atoms with Crippen LogP contribution in [0.15, 0.2) is 54.7 Å². The second-order valence-corrected chi connectivity index (χ2v) is 8.64. The highest BCUT2D eigenvalue weighted by atomic mass is 32.2. The fourth-order valence-corrected chi connectivity index (χ4v) is 4.85. The van der Waals surface area contributed by atoms with E-state index in [1.54, 1.807) is 23.2 Å². The number of hydrogen-bond donors (Lipinski definition) is 0. The second kappa shape index (κ2) is 8.31. The van der Waals surface area contributed by atoms with Gasteiger partial charge >= 0.3 is 6.09 Å². The summed E-state index contributed by atoms with van der Waals surface area (Å²) in [4.78, 5) is 17.8. The lowest BCUT2D eigenvalue weighted by atomic mass is 10.1. The third kappa shape index (κ3) is 4.82. The van der Waals surface area contributed by atoms with Crippen LogP contribution in [0, 0.1) is 0 Å². The van der Waals surface area contributed by atoms with E-state index in [9.17, 15) is 13.2 Å². The largest absolute Gasteiger partial charge is 0.443 e. The number of carbonyl (C=O) groups excluding carboxylic acids is 1. The Morgan fingerprint density at radius 1 is 1.08 bits per heavy atom. The van der Waals surface area contributed by atoms with Gasteiger partial charge < -0.3 is 9.64 Å². The molecule has 0 unspecified atom stereocenters. The van der Waals surface area contributed by atoms with Crippen molar-refractivity contribution in [2.45, 2.75) is 30.5 Å². The summed E-state index contributed by atoms with van der Waals surface area (Å²) in [6.45, 7) is 0.894. The van der Waals surface area contributed by atoms with Gasteiger partial charge in [0.2, 0.25) is 0 Å². The van der Waals surface area contributed by atoms with Gasteiger partial charge in [-0.3, -0.25) is 4.98 Å². The Balaban J connectivity index is 1.49. The topological polar surface area (TPSA) is 76.6 Å². The van der Waals surface area contributed by atoms with Gasteiger partial charge in [-0.15, -0.1) is 0 Å². The maximum atomic E-state index is 12.6. The lowest BCUT2D eigenvalue weighted by molar-refractivity contribution is 0.0887. The van der Waals surface area contributed by atoms with Gasteiger partial charge in [0.05, 0.1) is 16.7 Å². The van der Waals surface area contributed by atoms with Gasteiger partial charge in [-0.05, 0) is 30.5 Å². The molecule has 0 aliphatic carbocycles. The minimum atomic E-state index is -3.23. The summed E-state index contributed by atoms with van der Waals surface area (Å²) < 4.78 is 30.5. The molecule has 2 aromatic rings. The molecule has 26 heavy (non-hydrogen) atoms. The van der Waals surface area contributed by atoms with Gasteiger partial charge in [-0.2, -0.15) is 0 Å². The van der Waals surface area contributed by atoms with Gasteiger partial charge in [0.1, 0.15) is 6.61 Å². The van der Waals surface area contributed by atoms with Crippen molar-refractivity contribution in [3.8, 4) is 0 Å². The normalized spacial score (nSPS) is 15.6. The highest BCUT2D eigenvalue weighted by Gasteiger charge is 2.32. The Morgan fingerprint density at radius 3 is 2.42 bits per heavy atom. The Kier molecular flexibility index (Phi) is 5.88. The summed E-state index contributed by atoms with van der Waals surface area (Å²) in [5.74, 6) is 0.0443. The molecule has 138 valence electrons. The van der Waals surface area contributed by atoms with Gasteiger partial charge in [0, 0.05) is 19.3 Å². The van der Waals surface area contributed by atoms with Crippen LogP contribution in [0.5, 0.6) is 0 Å². The fraction of sp³-hybridized carbons (Fsp3) is 0.368. The molecule has 1 aromatic carbocycles. The number of ether oxygens (including phenoxy) is 1. The first kappa shape index (κ1) is 18.4. The SMILES string of the molecule is O=C(OCc1ccccn1)N1CCC(S(=O)(=O)Cc2ccccc2)CC1. The number of aromatic nitrogens is 1. The summed E-state index contributed by atoms with van der Waals surface area (Å²) in [5.41, 5.74) is 1.48. The fourth-order valence-electron chi connectivity index (χ4n) is 3.03. The van der Waals surface area contributed by atoms with Crippen LogP contribution in [0.4, 0.5) is 4.79 Å². The number of amides is 1. The molecule has 1 amide bonds. The predicted molar refractivity (Wildman–Crippen MR) is 98.1 cm³/mol. The zero-order valence-electron chi connectivity index (χ0n) is 14.5. The van der Waals surface area contributed by atoms with E-state index in [2.05, 4.69) is 4.98 Å². The van der Waals surface area contributed by atoms with Crippen LogP contribution in [0.25, 0.3) is 0 Å². The number of sulfone groups is 1. The van der Waals surface area contributed by atoms with E-state index in [0.29, 0.717) is 31.6 Å². The van der Waals surface area contributed by atoms with Gasteiger partial charge in [0.25, 0.3) is 0 Å². The molecule has 7 heteroatoms. The minimum absolute atomic E-state index is 0.0443. The highest BCUT2D eigenvalue weighted by molar-refractivity contribution is 7.91. The van der Waals surface area contributed by atoms with Crippen molar-refractivity contribution < 1.29 is 17.9 Å². The first-order valence-corrected chi connectivity index (χ1v) is 10.3. The number of rotatable bonds is 5. The number of pyridine rings is 1. The number of likely N-dealkylation sites (tertiary alicyclic amines) is 1. The summed E-state index contributed by atoms with van der Waals surface area (Å²) in [6, 6.07) is 14.6. The average molecular weight is 374 g/mol. The van der Waals surface area contributed by atoms with Crippen LogP contribution in [0.2, 0.25) is 0 Å². The van der Waals surface area contributed by atoms with Crippen molar-refractivity contribution in [2.24, 2.45) is 0 Å². The van der Waals surface area contributed by atoms with E-state index in [1.807, 2.05) is 36.4 Å². The van der Waals surface area contributed by atoms with Crippen LogP contribution in [-0.2, 0) is 26.9 Å². The number of nitrogens with zero attached hydrogens (tertiary/aromatic N) is 2. The first-order valence-electron chi connectivity index (χ1n) is 8.62. The van der Waals surface area contributed by atoms with E-state index < -0.39 is 21.2 Å². The third-order valence-electron chi connectivity index (χ3n) is 4.49. The number of piperidine rings is 1. The van der Waals surface area contributed by atoms with Crippen molar-refractivity contribution in [3.63, 3.8) is 0 Å². The molecule has 0 atom stereocenters. The predicted octanol–water partition coefficient (Wildman–Crippen LogP) is 2.80. The smallest absolute Gasteiger partial charge is 0.410 e. The van der Waals surface area contributed by atoms with Gasteiger partial charge in [0.15, 0.2) is 9.84 Å². The molecule has 1 aromatic heterocycles. The lowest BCUT2D eigenvalue weighted by Gasteiger charge is -2.31. The molecule has 1 fully saturated rings. The van der Waals surface area contributed by atoms with Gasteiger partial charge in [-0.1, -0.05) is 36.4 Å². The molecular weight excluding hydrogens is 352 g/mol. The molecule has 0 bridgehead atoms. The average Bonchev–Trinajstić information content (AvgIpc) is 2.67. The summed E-state index contributed by atoms with van der Waals surface area (Å²) in [5, 5.41) is -0.414. The van der Waals surface area contributed by atoms with Crippen molar-refractivity contribution in [1.82, 2.24) is 9.88 Å². The number of benzene rings is 1. The third-order valence-corrected chi connectivity index (χ3v) is 6.71. The van der Waals surface area contributed by atoms with E-state index >= 15 is 0 Å². The molecule has 0 spiro atoms. The summed E-state index contributed by atoms with van der Waals surface area (Å²) >= 11 is 0. The Bertz CT molecular complexity index is 817. The molecule has 1 aliphatic rings. The quantitative estimate of drug-likeness (QED) is 0.804. The maximum Gasteiger partial charge on any atom is 0.410 e. The molecular formula is C19H22N2O4S. The zero-order chi connectivity index (χ0) is 18.4. The number of hydrogen-bond acceptors (Lipinski definition) is 5. The van der Waals surface area contributed by atoms with Crippen LogP contribution in [0.1, 0.15) is 24.1 Å². The molecule has 2 heterocycles. The summed E-state index contributed by atoms with van der Waals surface area (Å²) in [6.07, 6.45) is 2.10. The molecule has 0 radical (unpaired) electrons. The van der Waals surface area contributed by atoms with Crippen molar-refractivity contribution in [1.29, 1.82) is 0 Å². The van der Waals surface area contributed by atoms with Crippen molar-refractivity contribution >= 4 is 15.9 Å². The van der Waals surface area contributed by atoms with E-state index in [-0.39, 0.29) is 12.4 Å². The van der Waals surface area contributed by atoms with E-state index in [1.165, 1.54) is 0 Å². The highest BCUT2D eigenvalue weighted by Crippen LogP contribution is 2.22. The molecule has 6 nitrogen and oxygen atoms in total. The Labute approximate surface area is 153 Å². The molecule has 3 rings (SSSR count). The first-order chi connectivity index (χ1) is 12.5. The molecule has 1 saturated heterocycles. The van der Waals surface area contributed by atoms with Crippen molar-refractivity contribution in [2.75, 3.05) is 13.1 Å². The minimum Gasteiger partial charge on any atom is -0.443 e.